The van der Waals surface area contributed by atoms with Gasteiger partial charge in [-0.3, -0.25) is 4.90 Å². The Balaban J connectivity index is 1.80. The molecular weight excluding hydrogens is 244 g/mol. The third-order valence-electron chi connectivity index (χ3n) is 4.97. The summed E-state index contributed by atoms with van der Waals surface area (Å²) in [6.07, 6.45) is 8.47. The maximum absolute atomic E-state index is 3.77. The zero-order chi connectivity index (χ0) is 14.0. The van der Waals surface area contributed by atoms with Crippen molar-refractivity contribution in [3.05, 3.63) is 48.0 Å². The van der Waals surface area contributed by atoms with E-state index in [9.17, 15) is 0 Å². The quantitative estimate of drug-likeness (QED) is 0.830. The average Bonchev–Trinajstić information content (AvgIpc) is 2.52. The molecule has 3 unspecified atom stereocenters. The minimum Gasteiger partial charge on any atom is -0.305 e. The molecule has 0 bridgehead atoms. The van der Waals surface area contributed by atoms with Gasteiger partial charge < -0.3 is 5.32 Å². The molecule has 1 aliphatic carbocycles. The Bertz CT molecular complexity index is 468. The second-order valence-electron chi connectivity index (χ2n) is 6.54. The van der Waals surface area contributed by atoms with E-state index in [0.717, 1.165) is 19.1 Å². The summed E-state index contributed by atoms with van der Waals surface area (Å²) >= 11 is 0. The highest BCUT2D eigenvalue weighted by atomic mass is 15.3. The summed E-state index contributed by atoms with van der Waals surface area (Å²) in [6, 6.07) is 12.2. The average molecular weight is 270 g/mol. The van der Waals surface area contributed by atoms with Gasteiger partial charge in [-0.2, -0.15) is 0 Å². The lowest BCUT2D eigenvalue weighted by Crippen LogP contribution is -2.62. The maximum atomic E-state index is 3.77. The van der Waals surface area contributed by atoms with Crippen LogP contribution in [0, 0.1) is 0 Å². The zero-order valence-electron chi connectivity index (χ0n) is 12.7. The molecule has 1 N–H and O–H groups in total. The lowest BCUT2D eigenvalue weighted by atomic mass is 9.86. The number of benzene rings is 1. The van der Waals surface area contributed by atoms with Crippen molar-refractivity contribution in [1.29, 1.82) is 0 Å². The van der Waals surface area contributed by atoms with E-state index in [2.05, 4.69) is 66.5 Å². The molecule has 108 valence electrons. The van der Waals surface area contributed by atoms with E-state index in [4.69, 9.17) is 0 Å². The van der Waals surface area contributed by atoms with Gasteiger partial charge in [-0.05, 0) is 38.7 Å². The molecule has 1 saturated heterocycles. The van der Waals surface area contributed by atoms with Crippen molar-refractivity contribution in [1.82, 2.24) is 10.2 Å². The Morgan fingerprint density at radius 2 is 2.00 bits per heavy atom. The first-order chi connectivity index (χ1) is 9.69. The minimum absolute atomic E-state index is 0.0783. The highest BCUT2D eigenvalue weighted by Crippen LogP contribution is 2.30. The molecule has 3 rings (SSSR count). The monoisotopic (exact) mass is 270 g/mol. The van der Waals surface area contributed by atoms with Crippen molar-refractivity contribution in [3.8, 4) is 0 Å². The van der Waals surface area contributed by atoms with Gasteiger partial charge in [-0.25, -0.2) is 0 Å². The summed E-state index contributed by atoms with van der Waals surface area (Å²) in [5.41, 5.74) is 1.48. The van der Waals surface area contributed by atoms with Crippen molar-refractivity contribution < 1.29 is 0 Å². The fourth-order valence-corrected chi connectivity index (χ4v) is 3.63. The summed E-state index contributed by atoms with van der Waals surface area (Å²) in [5, 5.41) is 3.77. The largest absolute Gasteiger partial charge is 0.305 e. The van der Waals surface area contributed by atoms with E-state index in [-0.39, 0.29) is 5.54 Å². The summed E-state index contributed by atoms with van der Waals surface area (Å²) in [7, 11) is 0. The van der Waals surface area contributed by atoms with Gasteiger partial charge in [0.1, 0.15) is 0 Å². The molecule has 0 saturated carbocycles. The Morgan fingerprint density at radius 3 is 2.70 bits per heavy atom. The van der Waals surface area contributed by atoms with Crippen LogP contribution < -0.4 is 5.32 Å². The van der Waals surface area contributed by atoms with Crippen LogP contribution in [0.2, 0.25) is 0 Å². The molecule has 20 heavy (non-hydrogen) atoms. The van der Waals surface area contributed by atoms with Crippen molar-refractivity contribution in [3.63, 3.8) is 0 Å². The van der Waals surface area contributed by atoms with E-state index in [1.54, 1.807) is 0 Å². The van der Waals surface area contributed by atoms with Gasteiger partial charge in [-0.15, -0.1) is 0 Å². The van der Waals surface area contributed by atoms with E-state index in [0.29, 0.717) is 6.04 Å². The van der Waals surface area contributed by atoms with Crippen LogP contribution in [0.4, 0.5) is 0 Å². The highest BCUT2D eigenvalue weighted by Gasteiger charge is 2.37. The molecule has 1 aliphatic heterocycles. The van der Waals surface area contributed by atoms with Crippen LogP contribution in [-0.4, -0.2) is 30.1 Å². The molecule has 0 aromatic heterocycles. The summed E-state index contributed by atoms with van der Waals surface area (Å²) < 4.78 is 0. The van der Waals surface area contributed by atoms with Crippen LogP contribution in [0.1, 0.15) is 38.7 Å². The Kier molecular flexibility index (Phi) is 3.95. The molecule has 2 heteroatoms. The number of nitrogens with zero attached hydrogens (tertiary/aromatic N) is 1. The first-order valence-corrected chi connectivity index (χ1v) is 7.90. The molecule has 1 aromatic carbocycles. The van der Waals surface area contributed by atoms with Crippen LogP contribution in [0.3, 0.4) is 0 Å². The predicted octanol–water partition coefficient (Wildman–Crippen LogP) is 3.30. The van der Waals surface area contributed by atoms with Crippen LogP contribution >= 0.6 is 0 Å². The van der Waals surface area contributed by atoms with Gasteiger partial charge in [0.05, 0.1) is 5.54 Å². The van der Waals surface area contributed by atoms with Crippen LogP contribution in [0.25, 0.3) is 0 Å². The molecule has 2 nitrogen and oxygen atoms in total. The highest BCUT2D eigenvalue weighted by molar-refractivity contribution is 5.25. The van der Waals surface area contributed by atoms with Crippen LogP contribution in [-0.2, 0) is 5.54 Å². The molecule has 0 spiro atoms. The van der Waals surface area contributed by atoms with E-state index in [1.807, 2.05) is 0 Å². The second kappa shape index (κ2) is 5.71. The second-order valence-corrected chi connectivity index (χ2v) is 6.54. The first-order valence-electron chi connectivity index (χ1n) is 7.90. The molecule has 1 fully saturated rings. The Morgan fingerprint density at radius 1 is 1.20 bits per heavy atom. The van der Waals surface area contributed by atoms with Gasteiger partial charge in [-0.1, -0.05) is 42.5 Å². The number of hydrogen-bond donors (Lipinski definition) is 1. The van der Waals surface area contributed by atoms with Gasteiger partial charge >= 0.3 is 0 Å². The summed E-state index contributed by atoms with van der Waals surface area (Å²) in [4.78, 5) is 2.73. The van der Waals surface area contributed by atoms with E-state index >= 15 is 0 Å². The van der Waals surface area contributed by atoms with Gasteiger partial charge in [0.2, 0.25) is 0 Å². The number of rotatable bonds is 2. The van der Waals surface area contributed by atoms with Crippen LogP contribution in [0.5, 0.6) is 0 Å². The summed E-state index contributed by atoms with van der Waals surface area (Å²) in [5.74, 6) is 0. The SMILES string of the molecule is CC1CNC(C)(c2ccccc2)CN1C1CC=CCC1. The standard InChI is InChI=1S/C18H26N2/c1-15-13-19-18(2,16-9-5-3-6-10-16)14-20(15)17-11-7-4-8-12-17/h3-7,9-10,15,17,19H,8,11-14H2,1-2H3. The van der Waals surface area contributed by atoms with Crippen LogP contribution in [0.15, 0.2) is 42.5 Å². The molecule has 3 atom stereocenters. The van der Waals surface area contributed by atoms with E-state index in [1.165, 1.54) is 24.8 Å². The zero-order valence-corrected chi connectivity index (χ0v) is 12.7. The number of hydrogen-bond acceptors (Lipinski definition) is 2. The number of nitrogens with one attached hydrogen (secondary N) is 1. The smallest absolute Gasteiger partial charge is 0.0535 e. The molecular formula is C18H26N2. The maximum Gasteiger partial charge on any atom is 0.0535 e. The number of allylic oxidation sites excluding steroid dienone is 1. The molecule has 2 aliphatic rings. The molecule has 1 aromatic rings. The van der Waals surface area contributed by atoms with Gasteiger partial charge in [0, 0.05) is 25.2 Å². The molecule has 1 heterocycles. The minimum atomic E-state index is 0.0783. The van der Waals surface area contributed by atoms with E-state index < -0.39 is 0 Å². The third kappa shape index (κ3) is 2.68. The fourth-order valence-electron chi connectivity index (χ4n) is 3.63. The fraction of sp³-hybridized carbons (Fsp3) is 0.556. The lowest BCUT2D eigenvalue weighted by Gasteiger charge is -2.49. The molecule has 0 amide bonds. The van der Waals surface area contributed by atoms with Crippen molar-refractivity contribution in [2.75, 3.05) is 13.1 Å². The lowest BCUT2D eigenvalue weighted by molar-refractivity contribution is 0.0501. The normalized spacial score (nSPS) is 35.1. The van der Waals surface area contributed by atoms with Gasteiger partial charge in [0.15, 0.2) is 0 Å². The Hall–Kier alpha value is -1.12. The van der Waals surface area contributed by atoms with Crippen molar-refractivity contribution in [2.45, 2.75) is 50.7 Å². The van der Waals surface area contributed by atoms with Gasteiger partial charge in [0.25, 0.3) is 0 Å². The van der Waals surface area contributed by atoms with Crippen molar-refractivity contribution in [2.24, 2.45) is 0 Å². The third-order valence-corrected chi connectivity index (χ3v) is 4.97. The molecule has 0 radical (unpaired) electrons. The summed E-state index contributed by atoms with van der Waals surface area (Å²) in [6.45, 7) is 6.89. The number of piperazine rings is 1. The first kappa shape index (κ1) is 13.8. The Labute approximate surface area is 122 Å². The predicted molar refractivity (Wildman–Crippen MR) is 84.7 cm³/mol. The topological polar surface area (TPSA) is 15.3 Å². The van der Waals surface area contributed by atoms with Crippen molar-refractivity contribution >= 4 is 0 Å².